The number of hydrogen-bond acceptors (Lipinski definition) is 8. The number of hydrogen-bond donors (Lipinski definition) is 1. The molecule has 0 aliphatic carbocycles. The zero-order valence-corrected chi connectivity index (χ0v) is 13.4. The molecule has 0 fully saturated rings. The van der Waals surface area contributed by atoms with E-state index in [0.717, 1.165) is 0 Å². The molecule has 124 valence electrons. The molecule has 0 saturated heterocycles. The summed E-state index contributed by atoms with van der Waals surface area (Å²) in [5.41, 5.74) is 6.12. The molecule has 10 heteroatoms. The highest BCUT2D eigenvalue weighted by Crippen LogP contribution is 2.24. The largest absolute Gasteiger partial charge is 0.399 e. The average Bonchev–Trinajstić information content (AvgIpc) is 3.10. The van der Waals surface area contributed by atoms with Crippen molar-refractivity contribution in [1.82, 2.24) is 4.98 Å². The van der Waals surface area contributed by atoms with Crippen LogP contribution in [0.5, 0.6) is 0 Å². The summed E-state index contributed by atoms with van der Waals surface area (Å²) >= 11 is 0. The van der Waals surface area contributed by atoms with E-state index in [9.17, 15) is 8.42 Å². The Morgan fingerprint density at radius 1 is 1.04 bits per heavy atom. The van der Waals surface area contributed by atoms with Crippen LogP contribution in [0.25, 0.3) is 0 Å². The first-order valence-electron chi connectivity index (χ1n) is 7.17. The molecule has 9 nitrogen and oxygen atoms in total. The van der Waals surface area contributed by atoms with Crippen molar-refractivity contribution in [2.75, 3.05) is 16.6 Å². The number of benzene rings is 1. The van der Waals surface area contributed by atoms with Crippen LogP contribution in [0.2, 0.25) is 0 Å². The SMILES string of the molecule is Nc1ccc(S(=O)(=O)N(CCC2N=NN=N2)c2ccccn2)cc1. The van der Waals surface area contributed by atoms with Gasteiger partial charge in [-0.2, -0.15) is 0 Å². The summed E-state index contributed by atoms with van der Waals surface area (Å²) in [6.07, 6.45) is 1.41. The van der Waals surface area contributed by atoms with Gasteiger partial charge in [0.05, 0.1) is 4.90 Å². The summed E-state index contributed by atoms with van der Waals surface area (Å²) in [7, 11) is -3.79. The maximum Gasteiger partial charge on any atom is 0.265 e. The predicted molar refractivity (Wildman–Crippen MR) is 87.7 cm³/mol. The molecule has 0 saturated carbocycles. The van der Waals surface area contributed by atoms with Crippen molar-refractivity contribution in [3.8, 4) is 0 Å². The van der Waals surface area contributed by atoms with Gasteiger partial charge in [0, 0.05) is 24.8 Å². The summed E-state index contributed by atoms with van der Waals surface area (Å²) in [5, 5.41) is 14.5. The third-order valence-corrected chi connectivity index (χ3v) is 5.19. The Morgan fingerprint density at radius 3 is 2.38 bits per heavy atom. The molecular formula is C14H15N7O2S. The minimum absolute atomic E-state index is 0.136. The van der Waals surface area contributed by atoms with Crippen LogP contribution in [-0.4, -0.2) is 26.1 Å². The minimum atomic E-state index is -3.79. The van der Waals surface area contributed by atoms with E-state index in [0.29, 0.717) is 17.9 Å². The van der Waals surface area contributed by atoms with Crippen LogP contribution in [0, 0.1) is 0 Å². The van der Waals surface area contributed by atoms with Gasteiger partial charge in [-0.1, -0.05) is 6.07 Å². The fraction of sp³-hybridized carbons (Fsp3) is 0.214. The first kappa shape index (κ1) is 16.0. The second-order valence-corrected chi connectivity index (χ2v) is 6.88. The van der Waals surface area contributed by atoms with Crippen molar-refractivity contribution < 1.29 is 8.42 Å². The third-order valence-electron chi connectivity index (χ3n) is 3.37. The zero-order valence-electron chi connectivity index (χ0n) is 12.6. The Kier molecular flexibility index (Phi) is 4.47. The van der Waals surface area contributed by atoms with E-state index in [1.807, 2.05) is 0 Å². The van der Waals surface area contributed by atoms with E-state index >= 15 is 0 Å². The first-order valence-corrected chi connectivity index (χ1v) is 8.61. The summed E-state index contributed by atoms with van der Waals surface area (Å²) in [6, 6.07) is 11.1. The van der Waals surface area contributed by atoms with Crippen LogP contribution >= 0.6 is 0 Å². The Balaban J connectivity index is 1.92. The van der Waals surface area contributed by atoms with Crippen LogP contribution in [0.1, 0.15) is 6.42 Å². The van der Waals surface area contributed by atoms with Crippen LogP contribution in [0.3, 0.4) is 0 Å². The van der Waals surface area contributed by atoms with Gasteiger partial charge in [0.25, 0.3) is 10.0 Å². The van der Waals surface area contributed by atoms with E-state index in [1.54, 1.807) is 30.3 Å². The molecule has 1 aliphatic heterocycles. The second kappa shape index (κ2) is 6.71. The molecule has 0 spiro atoms. The molecular weight excluding hydrogens is 330 g/mol. The molecule has 24 heavy (non-hydrogen) atoms. The number of rotatable bonds is 6. The molecule has 2 heterocycles. The number of pyridine rings is 1. The van der Waals surface area contributed by atoms with Gasteiger partial charge in [0.1, 0.15) is 5.82 Å². The van der Waals surface area contributed by atoms with Crippen molar-refractivity contribution in [2.24, 2.45) is 20.7 Å². The second-order valence-electron chi connectivity index (χ2n) is 5.01. The quantitative estimate of drug-likeness (QED) is 0.807. The van der Waals surface area contributed by atoms with Crippen LogP contribution in [0.4, 0.5) is 11.5 Å². The Morgan fingerprint density at radius 2 is 1.75 bits per heavy atom. The van der Waals surface area contributed by atoms with Gasteiger partial charge in [-0.05, 0) is 46.8 Å². The van der Waals surface area contributed by atoms with Crippen LogP contribution in [0.15, 0.2) is 74.2 Å². The normalized spacial score (nSPS) is 14.2. The molecule has 3 rings (SSSR count). The number of nitrogens with two attached hydrogens (primary N) is 1. The first-order chi connectivity index (χ1) is 11.6. The number of nitrogens with zero attached hydrogens (tertiary/aromatic N) is 6. The van der Waals surface area contributed by atoms with E-state index in [4.69, 9.17) is 5.73 Å². The van der Waals surface area contributed by atoms with Crippen molar-refractivity contribution in [3.05, 3.63) is 48.7 Å². The molecule has 1 aliphatic rings. The highest BCUT2D eigenvalue weighted by Gasteiger charge is 2.27. The lowest BCUT2D eigenvalue weighted by Gasteiger charge is -2.23. The Bertz CT molecular complexity index is 838. The van der Waals surface area contributed by atoms with Crippen LogP contribution in [-0.2, 0) is 10.0 Å². The van der Waals surface area contributed by atoms with E-state index in [2.05, 4.69) is 25.7 Å². The highest BCUT2D eigenvalue weighted by molar-refractivity contribution is 7.92. The predicted octanol–water partition coefficient (Wildman–Crippen LogP) is 2.41. The monoisotopic (exact) mass is 345 g/mol. The van der Waals surface area contributed by atoms with Gasteiger partial charge >= 0.3 is 0 Å². The fourth-order valence-electron chi connectivity index (χ4n) is 2.16. The minimum Gasteiger partial charge on any atom is -0.399 e. The van der Waals surface area contributed by atoms with Crippen molar-refractivity contribution in [2.45, 2.75) is 17.5 Å². The molecule has 0 amide bonds. The molecule has 0 atom stereocenters. The van der Waals surface area contributed by atoms with E-state index in [-0.39, 0.29) is 11.4 Å². The zero-order chi connectivity index (χ0) is 17.0. The number of anilines is 2. The topological polar surface area (TPSA) is 126 Å². The summed E-state index contributed by atoms with van der Waals surface area (Å²) < 4.78 is 27.2. The molecule has 2 aromatic rings. The number of sulfonamides is 1. The van der Waals surface area contributed by atoms with Crippen molar-refractivity contribution in [1.29, 1.82) is 0 Å². The third kappa shape index (κ3) is 3.38. The molecule has 0 radical (unpaired) electrons. The molecule has 2 N–H and O–H groups in total. The van der Waals surface area contributed by atoms with Gasteiger partial charge in [-0.15, -0.1) is 10.2 Å². The summed E-state index contributed by atoms with van der Waals surface area (Å²) in [5.74, 6) is 0.321. The smallest absolute Gasteiger partial charge is 0.265 e. The lowest BCUT2D eigenvalue weighted by molar-refractivity contribution is 0.581. The van der Waals surface area contributed by atoms with Gasteiger partial charge < -0.3 is 5.73 Å². The van der Waals surface area contributed by atoms with Gasteiger partial charge in [-0.25, -0.2) is 17.7 Å². The molecule has 0 bridgehead atoms. The standard InChI is InChI=1S/C14H15N7O2S/c15-11-4-6-12(7-5-11)24(22,23)21(14-3-1-2-9-16-14)10-8-13-17-19-20-18-13/h1-7,9,13H,8,10,15H2. The van der Waals surface area contributed by atoms with E-state index in [1.165, 1.54) is 22.6 Å². The fourth-order valence-corrected chi connectivity index (χ4v) is 3.60. The molecule has 1 aromatic carbocycles. The summed E-state index contributed by atoms with van der Waals surface area (Å²) in [4.78, 5) is 4.28. The Labute approximate surface area is 139 Å². The maximum atomic E-state index is 13.0. The molecule has 1 aromatic heterocycles. The van der Waals surface area contributed by atoms with Crippen molar-refractivity contribution in [3.63, 3.8) is 0 Å². The lowest BCUT2D eigenvalue weighted by Crippen LogP contribution is -2.33. The lowest BCUT2D eigenvalue weighted by atomic mass is 10.3. The molecule has 0 unspecified atom stereocenters. The maximum absolute atomic E-state index is 13.0. The van der Waals surface area contributed by atoms with E-state index < -0.39 is 16.2 Å². The van der Waals surface area contributed by atoms with Gasteiger partial charge in [0.2, 0.25) is 0 Å². The van der Waals surface area contributed by atoms with Crippen molar-refractivity contribution >= 4 is 21.5 Å². The highest BCUT2D eigenvalue weighted by atomic mass is 32.2. The summed E-state index contributed by atoms with van der Waals surface area (Å²) in [6.45, 7) is 0.145. The number of nitrogen functional groups attached to an aromatic ring is 1. The number of aromatic nitrogens is 1. The average molecular weight is 345 g/mol. The van der Waals surface area contributed by atoms with Gasteiger partial charge in [0.15, 0.2) is 6.17 Å². The van der Waals surface area contributed by atoms with Gasteiger partial charge in [-0.3, -0.25) is 0 Å². The Hall–Kier alpha value is -2.88. The van der Waals surface area contributed by atoms with Crippen LogP contribution < -0.4 is 10.0 Å².